The van der Waals surface area contributed by atoms with E-state index in [1.165, 1.54) is 98.5 Å². The molecule has 0 unspecified atom stereocenters. The Bertz CT molecular complexity index is 3840. The molecule has 22 nitrogen and oxygen atoms in total. The van der Waals surface area contributed by atoms with Crippen LogP contribution in [0, 0.1) is 13.8 Å². The van der Waals surface area contributed by atoms with Gasteiger partial charge >= 0.3 is 23.7 Å². The number of nitrogens with one attached hydrogen (secondary N) is 3. The predicted molar refractivity (Wildman–Crippen MR) is 291 cm³/mol. The number of aliphatic hydroxyl groups is 1. The summed E-state index contributed by atoms with van der Waals surface area (Å²) in [5, 5.41) is 15.5. The largest absolute Gasteiger partial charge is 0.418 e. The highest BCUT2D eigenvalue weighted by Crippen LogP contribution is 2.37. The van der Waals surface area contributed by atoms with Crippen molar-refractivity contribution >= 4 is 70.0 Å². The number of carbonyl (C=O) groups is 2. The second-order valence-corrected chi connectivity index (χ2v) is 25.0. The van der Waals surface area contributed by atoms with Crippen LogP contribution in [0.3, 0.4) is 0 Å². The first kappa shape index (κ1) is 61.3. The molecule has 0 saturated heterocycles. The number of aliphatic hydroxyl groups excluding tert-OH is 1. The highest BCUT2D eigenvalue weighted by molar-refractivity contribution is 9.09. The summed E-state index contributed by atoms with van der Waals surface area (Å²) in [6.07, 6.45) is -4.13. The van der Waals surface area contributed by atoms with E-state index in [1.807, 2.05) is 0 Å². The number of hydrogen-bond acceptors (Lipinski definition) is 14. The number of aromatic nitrogens is 12. The normalized spacial score (nSPS) is 12.0. The molecule has 0 fully saturated rings. The van der Waals surface area contributed by atoms with Gasteiger partial charge in [-0.05, 0) is 68.4 Å². The van der Waals surface area contributed by atoms with E-state index in [9.17, 15) is 60.2 Å². The Morgan fingerprint density at radius 3 is 1.62 bits per heavy atom. The predicted octanol–water partition coefficient (Wildman–Crippen LogP) is 6.56. The van der Waals surface area contributed by atoms with Crippen LogP contribution in [0.25, 0.3) is 44.8 Å². The molecule has 8 rings (SSSR count). The lowest BCUT2D eigenvalue weighted by atomic mass is 10.1. The maximum atomic E-state index is 13.3. The quantitative estimate of drug-likeness (QED) is 0.0541. The number of aromatic amines is 1. The summed E-state index contributed by atoms with van der Waals surface area (Å²) in [5.41, 5.74) is -3.94. The molecule has 4 N–H and O–H groups in total. The summed E-state index contributed by atoms with van der Waals surface area (Å²) in [6.45, 7) is 13.4. The van der Waals surface area contributed by atoms with Gasteiger partial charge in [0.1, 0.15) is 24.7 Å². The molecule has 0 atom stereocenters. The molecule has 8 aromatic heterocycles. The molecule has 0 radical (unpaired) electrons. The number of fused-ring (bicyclic) bond motifs is 2. The Balaban J connectivity index is 0.000000218. The highest BCUT2D eigenvalue weighted by Gasteiger charge is 2.37. The molecule has 8 aromatic rings. The van der Waals surface area contributed by atoms with Gasteiger partial charge in [-0.25, -0.2) is 29.5 Å². The van der Waals surface area contributed by atoms with E-state index in [0.717, 1.165) is 37.8 Å². The lowest BCUT2D eigenvalue weighted by molar-refractivity contribution is -0.139. The third-order valence-electron chi connectivity index (χ3n) is 12.7. The van der Waals surface area contributed by atoms with Gasteiger partial charge in [-0.2, -0.15) is 26.3 Å². The summed E-state index contributed by atoms with van der Waals surface area (Å²) in [7, 11) is 1.38. The first-order valence-electron chi connectivity index (χ1n) is 24.1. The number of amides is 2. The minimum Gasteiger partial charge on any atom is -0.416 e. The van der Waals surface area contributed by atoms with Crippen molar-refractivity contribution in [1.29, 1.82) is 0 Å². The number of hydrogen-bond donors (Lipinski definition) is 4. The minimum atomic E-state index is -4.58. The first-order chi connectivity index (χ1) is 37.4. The SMILES string of the molecule is CC(C)(C)[Si](C)(C)OCCBr.Cc1ncc(-c2cccc(NC(=O)Cn3cnc4c3c(=O)[nH]c(=O)n4C)n2)cc1C(F)(F)F.Cc1ncc(-c2cccc(NC(=O)Cn3cnc4c3c(=O)n(CCO)c(=O)n4C)n2)cc1C(F)(F)F. The van der Waals surface area contributed by atoms with E-state index in [1.54, 1.807) is 0 Å². The molecule has 0 spiro atoms. The molecule has 0 aliphatic heterocycles. The number of alkyl halides is 7. The Morgan fingerprint density at radius 2 is 1.19 bits per heavy atom. The number of rotatable bonds is 13. The highest BCUT2D eigenvalue weighted by atomic mass is 79.9. The molecule has 426 valence electrons. The second kappa shape index (κ2) is 24.6. The van der Waals surface area contributed by atoms with Gasteiger partial charge in [0.2, 0.25) is 11.8 Å². The van der Waals surface area contributed by atoms with Gasteiger partial charge in [-0.15, -0.1) is 0 Å². The molecule has 8 heterocycles. The van der Waals surface area contributed by atoms with Crippen molar-refractivity contribution in [3.8, 4) is 22.5 Å². The lowest BCUT2D eigenvalue weighted by Crippen LogP contribution is -2.41. The Hall–Kier alpha value is -7.96. The summed E-state index contributed by atoms with van der Waals surface area (Å²) in [6, 6.07) is 10.8. The third kappa shape index (κ3) is 14.3. The van der Waals surface area contributed by atoms with Crippen molar-refractivity contribution in [1.82, 2.24) is 57.7 Å². The summed E-state index contributed by atoms with van der Waals surface area (Å²) >= 11 is 3.37. The van der Waals surface area contributed by atoms with Crippen LogP contribution < -0.4 is 33.1 Å². The van der Waals surface area contributed by atoms with Crippen LogP contribution in [0.1, 0.15) is 43.3 Å². The summed E-state index contributed by atoms with van der Waals surface area (Å²) in [4.78, 5) is 100. The van der Waals surface area contributed by atoms with Gasteiger partial charge < -0.3 is 29.3 Å². The fourth-order valence-corrected chi connectivity index (χ4v) is 8.99. The smallest absolute Gasteiger partial charge is 0.416 e. The fraction of sp³-hybridized carbons (Fsp3) is 0.360. The average Bonchev–Trinajstić information content (AvgIpc) is 4.09. The van der Waals surface area contributed by atoms with Gasteiger partial charge in [0.05, 0.1) is 48.3 Å². The van der Waals surface area contributed by atoms with Crippen molar-refractivity contribution in [2.24, 2.45) is 14.1 Å². The number of carbonyl (C=O) groups excluding carboxylic acids is 2. The molecule has 0 saturated carbocycles. The minimum absolute atomic E-state index is 0.00665. The van der Waals surface area contributed by atoms with E-state index >= 15 is 0 Å². The maximum Gasteiger partial charge on any atom is 0.418 e. The molecular weight excluding hydrogens is 1150 g/mol. The van der Waals surface area contributed by atoms with Crippen molar-refractivity contribution in [2.45, 2.75) is 84.7 Å². The zero-order valence-corrected chi connectivity index (χ0v) is 47.1. The molecule has 0 aliphatic rings. The molecule has 0 aromatic carbocycles. The van der Waals surface area contributed by atoms with Crippen LogP contribution in [0.5, 0.6) is 0 Å². The second-order valence-electron chi connectivity index (χ2n) is 19.3. The monoisotopic (exact) mass is 1200 g/mol. The van der Waals surface area contributed by atoms with Crippen molar-refractivity contribution < 1.29 is 45.5 Å². The summed E-state index contributed by atoms with van der Waals surface area (Å²) < 4.78 is 90.8. The standard InChI is InChI=1S/C22H20F3N7O4.C20H16F3N7O3.C8H19BrOSi/c1-12-14(22(23,24)25)8-13(9-26-12)15-4-3-5-16(28-15)29-17(34)10-31-11-27-19-18(31)20(35)32(6-7-33)21(36)30(19)2;1-10-12(20(21,22)23)6-11(7-24-10)13-4-3-5-14(26-13)27-15(31)8-30-9-25-17-16(30)18(32)28-19(33)29(17)2;1-8(2,3)11(4,5)10-7-6-9/h3-5,8-9,11,33H,6-7,10H2,1-2H3,(H,28,29,34);3-7,9H,8H2,1-2H3,(H,26,27,31)(H,28,32,33);6-7H2,1-5H3. The number of H-pyrrole nitrogens is 1. The van der Waals surface area contributed by atoms with Crippen LogP contribution in [0.15, 0.2) is 92.8 Å². The van der Waals surface area contributed by atoms with Gasteiger partial charge in [-0.1, -0.05) is 48.8 Å². The lowest BCUT2D eigenvalue weighted by Gasteiger charge is -2.35. The molecule has 0 bridgehead atoms. The van der Waals surface area contributed by atoms with Gasteiger partial charge in [0, 0.05) is 60.9 Å². The van der Waals surface area contributed by atoms with Crippen LogP contribution in [-0.4, -0.2) is 102 Å². The van der Waals surface area contributed by atoms with E-state index < -0.39 is 72.7 Å². The van der Waals surface area contributed by atoms with Gasteiger partial charge in [-0.3, -0.25) is 47.8 Å². The Labute approximate surface area is 459 Å². The van der Waals surface area contributed by atoms with Gasteiger partial charge in [0.25, 0.3) is 11.1 Å². The topological polar surface area (TPSA) is 274 Å². The van der Waals surface area contributed by atoms with E-state index in [0.29, 0.717) is 5.04 Å². The number of aryl methyl sites for hydroxylation is 4. The van der Waals surface area contributed by atoms with Crippen molar-refractivity contribution in [3.63, 3.8) is 0 Å². The number of nitrogens with zero attached hydrogens (tertiary/aromatic N) is 11. The number of anilines is 2. The van der Waals surface area contributed by atoms with Crippen LogP contribution >= 0.6 is 15.9 Å². The van der Waals surface area contributed by atoms with E-state index in [2.05, 4.69) is 95.3 Å². The average molecular weight is 1200 g/mol. The third-order valence-corrected chi connectivity index (χ3v) is 17.5. The Morgan fingerprint density at radius 1 is 0.725 bits per heavy atom. The zero-order chi connectivity index (χ0) is 59.2. The molecule has 80 heavy (non-hydrogen) atoms. The summed E-state index contributed by atoms with van der Waals surface area (Å²) in [5.74, 6) is -0.998. The molecule has 2 amide bonds. The number of halogens is 7. The van der Waals surface area contributed by atoms with Crippen molar-refractivity contribution in [3.05, 3.63) is 138 Å². The van der Waals surface area contributed by atoms with Crippen molar-refractivity contribution in [2.75, 3.05) is 29.2 Å². The first-order valence-corrected chi connectivity index (χ1v) is 28.1. The molecular formula is C50H55BrF6N14O8Si. The van der Waals surface area contributed by atoms with E-state index in [-0.39, 0.29) is 87.5 Å². The van der Waals surface area contributed by atoms with E-state index in [4.69, 9.17) is 4.43 Å². The van der Waals surface area contributed by atoms with Crippen LogP contribution in [-0.2, 0) is 60.1 Å². The molecule has 0 aliphatic carbocycles. The van der Waals surface area contributed by atoms with Crippen LogP contribution in [0.2, 0.25) is 18.1 Å². The van der Waals surface area contributed by atoms with Crippen LogP contribution in [0.4, 0.5) is 38.0 Å². The number of pyridine rings is 4. The maximum absolute atomic E-state index is 13.3. The fourth-order valence-electron chi connectivity index (χ4n) is 7.48. The molecule has 30 heteroatoms. The zero-order valence-electron chi connectivity index (χ0n) is 44.5. The Kier molecular flexibility index (Phi) is 18.8. The number of imidazole rings is 2. The van der Waals surface area contributed by atoms with Gasteiger partial charge in [0.15, 0.2) is 30.6 Å².